The zero-order valence-corrected chi connectivity index (χ0v) is 15.5. The third-order valence-corrected chi connectivity index (χ3v) is 5.41. The predicted molar refractivity (Wildman–Crippen MR) is 109 cm³/mol. The average Bonchev–Trinajstić information content (AvgIpc) is 2.69. The Morgan fingerprint density at radius 1 is 0.926 bits per heavy atom. The Kier molecular flexibility index (Phi) is 3.62. The van der Waals surface area contributed by atoms with Gasteiger partial charge in [-0.05, 0) is 26.1 Å². The largest absolute Gasteiger partial charge is 0.352 e. The number of aromatic nitrogens is 3. The summed E-state index contributed by atoms with van der Waals surface area (Å²) in [6.07, 6.45) is 0. The van der Waals surface area contributed by atoms with Gasteiger partial charge in [0.2, 0.25) is 0 Å². The maximum atomic E-state index is 13.2. The molecule has 1 aliphatic heterocycles. The number of hydrogen-bond donors (Lipinski definition) is 0. The quantitative estimate of drug-likeness (QED) is 0.386. The summed E-state index contributed by atoms with van der Waals surface area (Å²) in [5.41, 5.74) is 2.26. The van der Waals surface area contributed by atoms with Gasteiger partial charge in [-0.3, -0.25) is 4.79 Å². The lowest BCUT2D eigenvalue weighted by Crippen LogP contribution is -2.45. The van der Waals surface area contributed by atoms with Crippen LogP contribution in [0.25, 0.3) is 27.3 Å². The van der Waals surface area contributed by atoms with Crippen molar-refractivity contribution in [2.75, 3.05) is 38.1 Å². The van der Waals surface area contributed by atoms with Crippen molar-refractivity contribution < 1.29 is 0 Å². The first-order valence-corrected chi connectivity index (χ1v) is 9.27. The zero-order valence-electron chi connectivity index (χ0n) is 15.5. The fourth-order valence-electron chi connectivity index (χ4n) is 3.83. The van der Waals surface area contributed by atoms with E-state index in [-0.39, 0.29) is 5.56 Å². The molecule has 2 aromatic heterocycles. The molecule has 0 atom stereocenters. The third kappa shape index (κ3) is 2.56. The molecule has 27 heavy (non-hydrogen) atoms. The molecule has 1 aliphatic rings. The van der Waals surface area contributed by atoms with Crippen LogP contribution >= 0.6 is 0 Å². The van der Waals surface area contributed by atoms with Gasteiger partial charge in [-0.25, -0.2) is 4.98 Å². The van der Waals surface area contributed by atoms with E-state index in [0.29, 0.717) is 16.6 Å². The molecule has 6 heteroatoms. The number of nitrogens with zero attached hydrogens (tertiary/aromatic N) is 5. The average molecular weight is 359 g/mol. The van der Waals surface area contributed by atoms with Crippen LogP contribution < -0.4 is 10.5 Å². The van der Waals surface area contributed by atoms with Crippen LogP contribution in [0.4, 0.5) is 5.82 Å². The van der Waals surface area contributed by atoms with E-state index in [4.69, 9.17) is 10.1 Å². The second kappa shape index (κ2) is 6.03. The van der Waals surface area contributed by atoms with Gasteiger partial charge in [-0.1, -0.05) is 35.9 Å². The summed E-state index contributed by atoms with van der Waals surface area (Å²) in [7, 11) is 2.13. The second-order valence-corrected chi connectivity index (χ2v) is 7.33. The molecule has 0 N–H and O–H groups in total. The van der Waals surface area contributed by atoms with Crippen molar-refractivity contribution in [3.63, 3.8) is 0 Å². The number of anilines is 1. The number of benzene rings is 2. The first-order chi connectivity index (χ1) is 13.1. The lowest BCUT2D eigenvalue weighted by atomic mass is 10.1. The molecular formula is C21H21N5O. The molecule has 0 bridgehead atoms. The molecule has 4 aromatic rings. The Labute approximate surface area is 156 Å². The minimum Gasteiger partial charge on any atom is -0.352 e. The highest BCUT2D eigenvalue weighted by molar-refractivity contribution is 6.01. The first-order valence-electron chi connectivity index (χ1n) is 9.27. The van der Waals surface area contributed by atoms with Crippen molar-refractivity contribution in [2.24, 2.45) is 0 Å². The molecule has 1 fully saturated rings. The minimum absolute atomic E-state index is 0.111. The Bertz CT molecular complexity index is 1240. The Morgan fingerprint density at radius 2 is 1.67 bits per heavy atom. The molecule has 2 aromatic carbocycles. The summed E-state index contributed by atoms with van der Waals surface area (Å²) < 4.78 is 1.48. The highest BCUT2D eigenvalue weighted by Gasteiger charge is 2.20. The third-order valence-electron chi connectivity index (χ3n) is 5.41. The summed E-state index contributed by atoms with van der Waals surface area (Å²) in [5, 5.41) is 7.39. The van der Waals surface area contributed by atoms with E-state index in [0.717, 1.165) is 48.3 Å². The van der Waals surface area contributed by atoms with E-state index in [1.807, 2.05) is 43.3 Å². The standard InChI is InChI=1S/C21H21N5O/c1-14-7-8-18-17(13-14)21(27)26-19(22-18)15-5-3-4-6-16(15)20(23-26)25-11-9-24(2)10-12-25/h3-8,13H,9-12H2,1-2H3. The van der Waals surface area contributed by atoms with Crippen LogP contribution in [0.2, 0.25) is 0 Å². The minimum atomic E-state index is -0.111. The van der Waals surface area contributed by atoms with Gasteiger partial charge in [-0.2, -0.15) is 4.52 Å². The molecule has 0 amide bonds. The maximum absolute atomic E-state index is 13.2. The normalized spacial score (nSPS) is 15.9. The smallest absolute Gasteiger partial charge is 0.282 e. The molecule has 136 valence electrons. The van der Waals surface area contributed by atoms with Gasteiger partial charge in [0.1, 0.15) is 0 Å². The van der Waals surface area contributed by atoms with Gasteiger partial charge in [-0.15, -0.1) is 5.10 Å². The van der Waals surface area contributed by atoms with E-state index in [1.165, 1.54) is 4.52 Å². The van der Waals surface area contributed by atoms with E-state index in [2.05, 4.69) is 22.9 Å². The van der Waals surface area contributed by atoms with Crippen molar-refractivity contribution in [1.82, 2.24) is 19.5 Å². The molecule has 3 heterocycles. The summed E-state index contributed by atoms with van der Waals surface area (Å²) in [5.74, 6) is 0.863. The van der Waals surface area contributed by atoms with Gasteiger partial charge >= 0.3 is 0 Å². The number of aryl methyl sites for hydroxylation is 1. The van der Waals surface area contributed by atoms with Crippen molar-refractivity contribution in [3.05, 3.63) is 58.4 Å². The molecule has 0 unspecified atom stereocenters. The number of likely N-dealkylation sites (N-methyl/N-ethyl adjacent to an activating group) is 1. The first kappa shape index (κ1) is 16.2. The highest BCUT2D eigenvalue weighted by atomic mass is 16.1. The van der Waals surface area contributed by atoms with Crippen LogP contribution in [0.3, 0.4) is 0 Å². The van der Waals surface area contributed by atoms with Crippen LogP contribution in [-0.2, 0) is 0 Å². The van der Waals surface area contributed by atoms with Crippen LogP contribution in [0.1, 0.15) is 5.56 Å². The van der Waals surface area contributed by atoms with Gasteiger partial charge in [0.15, 0.2) is 11.5 Å². The van der Waals surface area contributed by atoms with E-state index in [9.17, 15) is 4.79 Å². The molecule has 0 saturated carbocycles. The lowest BCUT2D eigenvalue weighted by molar-refractivity contribution is 0.312. The number of piperazine rings is 1. The summed E-state index contributed by atoms with van der Waals surface area (Å²) >= 11 is 0. The van der Waals surface area contributed by atoms with Crippen LogP contribution in [0.5, 0.6) is 0 Å². The van der Waals surface area contributed by atoms with E-state index in [1.54, 1.807) is 0 Å². The van der Waals surface area contributed by atoms with Crippen molar-refractivity contribution >= 4 is 33.1 Å². The highest BCUT2D eigenvalue weighted by Crippen LogP contribution is 2.28. The summed E-state index contributed by atoms with van der Waals surface area (Å²) in [4.78, 5) is 22.6. The molecule has 5 rings (SSSR count). The van der Waals surface area contributed by atoms with Gasteiger partial charge in [0, 0.05) is 37.0 Å². The summed E-state index contributed by atoms with van der Waals surface area (Å²) in [6.45, 7) is 5.75. The summed E-state index contributed by atoms with van der Waals surface area (Å²) in [6, 6.07) is 13.9. The Balaban J connectivity index is 1.86. The van der Waals surface area contributed by atoms with Gasteiger partial charge < -0.3 is 9.80 Å². The zero-order chi connectivity index (χ0) is 18.5. The molecule has 0 radical (unpaired) electrons. The Hall–Kier alpha value is -2.99. The van der Waals surface area contributed by atoms with Crippen molar-refractivity contribution in [3.8, 4) is 0 Å². The van der Waals surface area contributed by atoms with Crippen LogP contribution in [0, 0.1) is 6.92 Å². The van der Waals surface area contributed by atoms with Gasteiger partial charge in [0.05, 0.1) is 10.9 Å². The second-order valence-electron chi connectivity index (χ2n) is 7.33. The van der Waals surface area contributed by atoms with E-state index < -0.39 is 0 Å². The number of hydrogen-bond acceptors (Lipinski definition) is 5. The lowest BCUT2D eigenvalue weighted by Gasteiger charge is -2.33. The molecular weight excluding hydrogens is 338 g/mol. The van der Waals surface area contributed by atoms with E-state index >= 15 is 0 Å². The van der Waals surface area contributed by atoms with Crippen LogP contribution in [0.15, 0.2) is 47.3 Å². The molecule has 0 spiro atoms. The molecule has 6 nitrogen and oxygen atoms in total. The number of rotatable bonds is 1. The predicted octanol–water partition coefficient (Wildman–Crippen LogP) is 2.46. The van der Waals surface area contributed by atoms with Crippen molar-refractivity contribution in [2.45, 2.75) is 6.92 Å². The fourth-order valence-corrected chi connectivity index (χ4v) is 3.83. The maximum Gasteiger partial charge on any atom is 0.282 e. The van der Waals surface area contributed by atoms with Crippen LogP contribution in [-0.4, -0.2) is 52.7 Å². The topological polar surface area (TPSA) is 53.7 Å². The fraction of sp³-hybridized carbons (Fsp3) is 0.286. The Morgan fingerprint density at radius 3 is 2.44 bits per heavy atom. The molecule has 1 saturated heterocycles. The monoisotopic (exact) mass is 359 g/mol. The number of fused-ring (bicyclic) bond motifs is 4. The van der Waals surface area contributed by atoms with Gasteiger partial charge in [0.25, 0.3) is 5.56 Å². The van der Waals surface area contributed by atoms with Crippen molar-refractivity contribution in [1.29, 1.82) is 0 Å². The SMILES string of the molecule is Cc1ccc2nc3c4ccccc4c(N4CCN(C)CC4)nn3c(=O)c2c1. The molecule has 0 aliphatic carbocycles.